The van der Waals surface area contributed by atoms with E-state index in [9.17, 15) is 5.11 Å². The molecular weight excluding hydrogens is 202 g/mol. The summed E-state index contributed by atoms with van der Waals surface area (Å²) >= 11 is 0. The molecule has 1 rings (SSSR count). The maximum atomic E-state index is 9.92. The molecule has 1 aromatic rings. The van der Waals surface area contributed by atoms with Crippen LogP contribution in [0.15, 0.2) is 18.2 Å². The molecule has 0 aliphatic heterocycles. The number of hydrogen-bond acceptors (Lipinski definition) is 3. The quantitative estimate of drug-likeness (QED) is 0.832. The van der Waals surface area contributed by atoms with E-state index in [1.807, 2.05) is 12.1 Å². The molecule has 0 saturated carbocycles. The second-order valence-corrected chi connectivity index (χ2v) is 4.56. The van der Waals surface area contributed by atoms with E-state index in [2.05, 4.69) is 25.8 Å². The maximum absolute atomic E-state index is 9.92. The molecule has 0 fully saturated rings. The van der Waals surface area contributed by atoms with Gasteiger partial charge >= 0.3 is 0 Å². The Morgan fingerprint density at radius 1 is 1.38 bits per heavy atom. The zero-order valence-corrected chi connectivity index (χ0v) is 10.5. The molecule has 0 bridgehead atoms. The van der Waals surface area contributed by atoms with Crippen LogP contribution < -0.4 is 4.74 Å². The molecule has 0 aliphatic carbocycles. The minimum Gasteiger partial charge on any atom is -0.504 e. The van der Waals surface area contributed by atoms with Crippen LogP contribution in [-0.4, -0.2) is 30.7 Å². The monoisotopic (exact) mass is 223 g/mol. The van der Waals surface area contributed by atoms with Gasteiger partial charge in [-0.25, -0.2) is 0 Å². The van der Waals surface area contributed by atoms with Crippen molar-refractivity contribution in [2.75, 3.05) is 20.7 Å². The molecule has 0 aromatic heterocycles. The first-order valence-electron chi connectivity index (χ1n) is 5.58. The topological polar surface area (TPSA) is 32.7 Å². The van der Waals surface area contributed by atoms with Crippen LogP contribution in [-0.2, 0) is 6.54 Å². The van der Waals surface area contributed by atoms with Gasteiger partial charge in [0.05, 0.1) is 7.11 Å². The molecule has 0 heterocycles. The van der Waals surface area contributed by atoms with Gasteiger partial charge < -0.3 is 14.7 Å². The van der Waals surface area contributed by atoms with Crippen molar-refractivity contribution in [1.29, 1.82) is 0 Å². The Kier molecular flexibility index (Phi) is 4.62. The van der Waals surface area contributed by atoms with Crippen LogP contribution in [0.25, 0.3) is 0 Å². The third-order valence-corrected chi connectivity index (χ3v) is 2.42. The smallest absolute Gasteiger partial charge is 0.162 e. The molecular formula is C13H21NO2. The minimum atomic E-state index is 0.251. The molecule has 0 spiro atoms. The second kappa shape index (κ2) is 5.75. The van der Waals surface area contributed by atoms with Gasteiger partial charge in [0.15, 0.2) is 11.5 Å². The first-order chi connectivity index (χ1) is 7.54. The SMILES string of the molecule is COc1cccc(CN(C)CC(C)C)c1O. The second-order valence-electron chi connectivity index (χ2n) is 4.56. The fourth-order valence-electron chi connectivity index (χ4n) is 1.84. The predicted octanol–water partition coefficient (Wildman–Crippen LogP) is 2.49. The largest absolute Gasteiger partial charge is 0.504 e. The fraction of sp³-hybridized carbons (Fsp3) is 0.538. The van der Waals surface area contributed by atoms with Crippen molar-refractivity contribution in [1.82, 2.24) is 4.90 Å². The first-order valence-corrected chi connectivity index (χ1v) is 5.58. The van der Waals surface area contributed by atoms with E-state index in [0.29, 0.717) is 11.7 Å². The standard InChI is InChI=1S/C13H21NO2/c1-10(2)8-14(3)9-11-6-5-7-12(16-4)13(11)15/h5-7,10,15H,8-9H2,1-4H3. The van der Waals surface area contributed by atoms with Gasteiger partial charge in [-0.2, -0.15) is 0 Å². The highest BCUT2D eigenvalue weighted by Gasteiger charge is 2.10. The number of nitrogens with zero attached hydrogens (tertiary/aromatic N) is 1. The van der Waals surface area contributed by atoms with E-state index in [1.54, 1.807) is 13.2 Å². The summed E-state index contributed by atoms with van der Waals surface area (Å²) in [5, 5.41) is 9.92. The van der Waals surface area contributed by atoms with Crippen LogP contribution in [0, 0.1) is 5.92 Å². The molecule has 0 amide bonds. The van der Waals surface area contributed by atoms with E-state index in [4.69, 9.17) is 4.74 Å². The van der Waals surface area contributed by atoms with Gasteiger partial charge in [-0.3, -0.25) is 0 Å². The van der Waals surface area contributed by atoms with Crippen molar-refractivity contribution >= 4 is 0 Å². The van der Waals surface area contributed by atoms with Crippen LogP contribution in [0.5, 0.6) is 11.5 Å². The van der Waals surface area contributed by atoms with Gasteiger partial charge in [0.2, 0.25) is 0 Å². The maximum Gasteiger partial charge on any atom is 0.162 e. The van der Waals surface area contributed by atoms with Crippen LogP contribution in [0.1, 0.15) is 19.4 Å². The summed E-state index contributed by atoms with van der Waals surface area (Å²) in [5.74, 6) is 1.41. The number of para-hydroxylation sites is 1. The van der Waals surface area contributed by atoms with E-state index >= 15 is 0 Å². The van der Waals surface area contributed by atoms with Gasteiger partial charge in [0, 0.05) is 18.7 Å². The number of ether oxygens (including phenoxy) is 1. The number of benzene rings is 1. The lowest BCUT2D eigenvalue weighted by Crippen LogP contribution is -2.22. The molecule has 90 valence electrons. The predicted molar refractivity (Wildman–Crippen MR) is 65.8 cm³/mol. The fourth-order valence-corrected chi connectivity index (χ4v) is 1.84. The highest BCUT2D eigenvalue weighted by Crippen LogP contribution is 2.29. The Hall–Kier alpha value is -1.22. The van der Waals surface area contributed by atoms with Gasteiger partial charge in [-0.1, -0.05) is 26.0 Å². The van der Waals surface area contributed by atoms with Crippen molar-refractivity contribution in [3.8, 4) is 11.5 Å². The number of rotatable bonds is 5. The lowest BCUT2D eigenvalue weighted by atomic mass is 10.1. The molecule has 16 heavy (non-hydrogen) atoms. The molecule has 3 nitrogen and oxygen atoms in total. The summed E-state index contributed by atoms with van der Waals surface area (Å²) in [7, 11) is 3.62. The molecule has 0 saturated heterocycles. The molecule has 0 radical (unpaired) electrons. The third kappa shape index (κ3) is 3.42. The van der Waals surface area contributed by atoms with E-state index in [0.717, 1.165) is 18.7 Å². The lowest BCUT2D eigenvalue weighted by molar-refractivity contribution is 0.282. The van der Waals surface area contributed by atoms with Gasteiger partial charge in [-0.15, -0.1) is 0 Å². The summed E-state index contributed by atoms with van der Waals surface area (Å²) in [5.41, 5.74) is 0.905. The summed E-state index contributed by atoms with van der Waals surface area (Å²) in [4.78, 5) is 2.19. The Labute approximate surface area is 97.7 Å². The third-order valence-electron chi connectivity index (χ3n) is 2.42. The molecule has 3 heteroatoms. The van der Waals surface area contributed by atoms with Gasteiger partial charge in [0.1, 0.15) is 0 Å². The summed E-state index contributed by atoms with van der Waals surface area (Å²) < 4.78 is 5.08. The molecule has 0 unspecified atom stereocenters. The van der Waals surface area contributed by atoms with E-state index in [1.165, 1.54) is 0 Å². The number of phenols is 1. The number of phenolic OH excluding ortho intramolecular Hbond substituents is 1. The number of hydrogen-bond donors (Lipinski definition) is 1. The molecule has 1 aromatic carbocycles. The number of methoxy groups -OCH3 is 1. The first kappa shape index (κ1) is 12.8. The van der Waals surface area contributed by atoms with Crippen molar-refractivity contribution < 1.29 is 9.84 Å². The minimum absolute atomic E-state index is 0.251. The van der Waals surface area contributed by atoms with E-state index < -0.39 is 0 Å². The summed E-state index contributed by atoms with van der Waals surface area (Å²) in [6.07, 6.45) is 0. The molecule has 0 aliphatic rings. The highest BCUT2D eigenvalue weighted by molar-refractivity contribution is 5.45. The highest BCUT2D eigenvalue weighted by atomic mass is 16.5. The van der Waals surface area contributed by atoms with Crippen molar-refractivity contribution in [3.63, 3.8) is 0 Å². The summed E-state index contributed by atoms with van der Waals surface area (Å²) in [6, 6.07) is 5.59. The van der Waals surface area contributed by atoms with Crippen molar-refractivity contribution in [3.05, 3.63) is 23.8 Å². The van der Waals surface area contributed by atoms with Crippen LogP contribution >= 0.6 is 0 Å². The van der Waals surface area contributed by atoms with Crippen LogP contribution in [0.3, 0.4) is 0 Å². The zero-order valence-electron chi connectivity index (χ0n) is 10.5. The average molecular weight is 223 g/mol. The Bertz CT molecular complexity index is 337. The zero-order chi connectivity index (χ0) is 12.1. The Balaban J connectivity index is 2.73. The van der Waals surface area contributed by atoms with Crippen molar-refractivity contribution in [2.24, 2.45) is 5.92 Å². The number of aromatic hydroxyl groups is 1. The molecule has 1 N–H and O–H groups in total. The van der Waals surface area contributed by atoms with Crippen LogP contribution in [0.2, 0.25) is 0 Å². The Morgan fingerprint density at radius 2 is 2.06 bits per heavy atom. The lowest BCUT2D eigenvalue weighted by Gasteiger charge is -2.20. The Morgan fingerprint density at radius 3 is 2.62 bits per heavy atom. The van der Waals surface area contributed by atoms with Crippen molar-refractivity contribution in [2.45, 2.75) is 20.4 Å². The van der Waals surface area contributed by atoms with Crippen LogP contribution in [0.4, 0.5) is 0 Å². The van der Waals surface area contributed by atoms with Gasteiger partial charge in [0.25, 0.3) is 0 Å². The normalized spacial score (nSPS) is 11.1. The molecule has 0 atom stereocenters. The van der Waals surface area contributed by atoms with E-state index in [-0.39, 0.29) is 5.75 Å². The average Bonchev–Trinajstić information content (AvgIpc) is 2.20. The van der Waals surface area contributed by atoms with Gasteiger partial charge in [-0.05, 0) is 19.0 Å². The summed E-state index contributed by atoms with van der Waals surface area (Å²) in [6.45, 7) is 6.11.